The van der Waals surface area contributed by atoms with E-state index in [1.807, 2.05) is 36.2 Å². The first kappa shape index (κ1) is 14.5. The van der Waals surface area contributed by atoms with Crippen molar-refractivity contribution >= 4 is 27.5 Å². The largest absolute Gasteiger partial charge is 0.342 e. The molecular formula is C16H21N3OS. The molecule has 1 amide bonds. The van der Waals surface area contributed by atoms with Gasteiger partial charge in [-0.2, -0.15) is 4.37 Å². The molecule has 0 spiro atoms. The average molecular weight is 303 g/mol. The Balaban J connectivity index is 1.68. The molecule has 2 N–H and O–H groups in total. The third-order valence-corrected chi connectivity index (χ3v) is 5.32. The summed E-state index contributed by atoms with van der Waals surface area (Å²) in [5, 5.41) is 1.11. The zero-order valence-electron chi connectivity index (χ0n) is 12.3. The van der Waals surface area contributed by atoms with Gasteiger partial charge in [0.15, 0.2) is 0 Å². The van der Waals surface area contributed by atoms with Gasteiger partial charge in [0.25, 0.3) is 0 Å². The van der Waals surface area contributed by atoms with Crippen molar-refractivity contribution in [2.24, 2.45) is 5.73 Å². The molecule has 1 aliphatic rings. The smallest absolute Gasteiger partial charge is 0.228 e. The molecule has 0 saturated heterocycles. The van der Waals surface area contributed by atoms with Gasteiger partial charge in [-0.1, -0.05) is 18.2 Å². The van der Waals surface area contributed by atoms with Crippen LogP contribution in [0.3, 0.4) is 0 Å². The summed E-state index contributed by atoms with van der Waals surface area (Å²) in [7, 11) is 1.92. The van der Waals surface area contributed by atoms with Crippen LogP contribution in [0, 0.1) is 0 Å². The minimum absolute atomic E-state index is 0.159. The van der Waals surface area contributed by atoms with E-state index in [4.69, 9.17) is 5.73 Å². The number of hydrogen-bond donors (Lipinski definition) is 1. The number of nitrogens with zero attached hydrogens (tertiary/aromatic N) is 2. The zero-order valence-corrected chi connectivity index (χ0v) is 13.1. The van der Waals surface area contributed by atoms with Crippen LogP contribution in [0.25, 0.3) is 10.1 Å². The van der Waals surface area contributed by atoms with E-state index in [9.17, 15) is 4.79 Å². The van der Waals surface area contributed by atoms with Crippen molar-refractivity contribution in [1.82, 2.24) is 9.27 Å². The van der Waals surface area contributed by atoms with Gasteiger partial charge in [0.05, 0.1) is 16.8 Å². The molecule has 21 heavy (non-hydrogen) atoms. The van der Waals surface area contributed by atoms with E-state index in [-0.39, 0.29) is 5.91 Å². The molecule has 3 rings (SSSR count). The van der Waals surface area contributed by atoms with Crippen LogP contribution in [0.15, 0.2) is 24.3 Å². The lowest BCUT2D eigenvalue weighted by Crippen LogP contribution is -2.42. The second kappa shape index (κ2) is 6.12. The highest BCUT2D eigenvalue weighted by Gasteiger charge is 2.25. The van der Waals surface area contributed by atoms with Gasteiger partial charge in [-0.25, -0.2) is 0 Å². The summed E-state index contributed by atoms with van der Waals surface area (Å²) in [6.07, 6.45) is 4.45. The quantitative estimate of drug-likeness (QED) is 0.948. The van der Waals surface area contributed by atoms with Crippen molar-refractivity contribution in [2.45, 2.75) is 44.2 Å². The lowest BCUT2D eigenvalue weighted by molar-refractivity contribution is -0.131. The van der Waals surface area contributed by atoms with Crippen LogP contribution >= 0.6 is 11.5 Å². The number of fused-ring (bicyclic) bond motifs is 1. The first-order valence-corrected chi connectivity index (χ1v) is 8.27. The van der Waals surface area contributed by atoms with Gasteiger partial charge < -0.3 is 10.6 Å². The molecule has 1 fully saturated rings. The Kier molecular flexibility index (Phi) is 4.22. The molecule has 2 aromatic rings. The molecule has 112 valence electrons. The molecule has 1 aliphatic carbocycles. The van der Waals surface area contributed by atoms with Crippen LogP contribution in [0.1, 0.15) is 31.4 Å². The number of rotatable bonds is 3. The van der Waals surface area contributed by atoms with Crippen molar-refractivity contribution in [3.8, 4) is 0 Å². The molecule has 0 radical (unpaired) electrons. The van der Waals surface area contributed by atoms with Gasteiger partial charge in [0, 0.05) is 24.5 Å². The molecule has 0 aliphatic heterocycles. The van der Waals surface area contributed by atoms with E-state index >= 15 is 0 Å². The van der Waals surface area contributed by atoms with Crippen LogP contribution in [0.5, 0.6) is 0 Å². The fourth-order valence-corrected chi connectivity index (χ4v) is 3.82. The van der Waals surface area contributed by atoms with Gasteiger partial charge in [-0.3, -0.25) is 4.79 Å². The average Bonchev–Trinajstić information content (AvgIpc) is 2.91. The van der Waals surface area contributed by atoms with E-state index in [1.54, 1.807) is 0 Å². The molecular weight excluding hydrogens is 282 g/mol. The van der Waals surface area contributed by atoms with E-state index < -0.39 is 0 Å². The number of aromatic nitrogens is 1. The minimum Gasteiger partial charge on any atom is -0.342 e. The molecule has 1 aromatic carbocycles. The van der Waals surface area contributed by atoms with Crippen molar-refractivity contribution in [3.05, 3.63) is 30.0 Å². The maximum atomic E-state index is 12.5. The number of benzene rings is 1. The number of hydrogen-bond acceptors (Lipinski definition) is 4. The van der Waals surface area contributed by atoms with Crippen LogP contribution in [-0.2, 0) is 11.2 Å². The number of carbonyl (C=O) groups is 1. The molecule has 0 unspecified atom stereocenters. The van der Waals surface area contributed by atoms with Crippen molar-refractivity contribution < 1.29 is 4.79 Å². The molecule has 0 bridgehead atoms. The van der Waals surface area contributed by atoms with Crippen LogP contribution < -0.4 is 5.73 Å². The summed E-state index contributed by atoms with van der Waals surface area (Å²) in [4.78, 5) is 14.4. The van der Waals surface area contributed by atoms with Gasteiger partial charge in [-0.15, -0.1) is 0 Å². The standard InChI is InChI=1S/C16H21N3OS/c1-19(12-8-6-11(17)7-9-12)16(20)10-14-13-4-2-3-5-15(13)21-18-14/h2-5,11-12H,6-10,17H2,1H3. The van der Waals surface area contributed by atoms with Crippen LogP contribution in [0.2, 0.25) is 0 Å². The molecule has 0 atom stereocenters. The number of amides is 1. The SMILES string of the molecule is CN(C(=O)Cc1nsc2ccccc12)C1CCC(N)CC1. The topological polar surface area (TPSA) is 59.2 Å². The summed E-state index contributed by atoms with van der Waals surface area (Å²) in [6, 6.07) is 8.74. The first-order chi connectivity index (χ1) is 10.1. The summed E-state index contributed by atoms with van der Waals surface area (Å²) >= 11 is 1.47. The highest BCUT2D eigenvalue weighted by atomic mass is 32.1. The van der Waals surface area contributed by atoms with Gasteiger partial charge in [0.2, 0.25) is 5.91 Å². The third kappa shape index (κ3) is 3.09. The highest BCUT2D eigenvalue weighted by Crippen LogP contribution is 2.25. The zero-order chi connectivity index (χ0) is 14.8. The fraction of sp³-hybridized carbons (Fsp3) is 0.500. The lowest BCUT2D eigenvalue weighted by atomic mass is 9.91. The number of carbonyl (C=O) groups excluding carboxylic acids is 1. The fourth-order valence-electron chi connectivity index (χ4n) is 3.03. The molecule has 1 saturated carbocycles. The van der Waals surface area contributed by atoms with E-state index in [0.717, 1.165) is 41.5 Å². The van der Waals surface area contributed by atoms with Crippen molar-refractivity contribution in [2.75, 3.05) is 7.05 Å². The van der Waals surface area contributed by atoms with E-state index in [1.165, 1.54) is 11.5 Å². The summed E-state index contributed by atoms with van der Waals surface area (Å²) in [5.74, 6) is 0.159. The predicted octanol–water partition coefficient (Wildman–Crippen LogP) is 2.57. The Morgan fingerprint density at radius 1 is 1.33 bits per heavy atom. The number of nitrogens with two attached hydrogens (primary N) is 1. The molecule has 1 heterocycles. The van der Waals surface area contributed by atoms with Gasteiger partial charge in [-0.05, 0) is 43.3 Å². The van der Waals surface area contributed by atoms with E-state index in [0.29, 0.717) is 18.5 Å². The summed E-state index contributed by atoms with van der Waals surface area (Å²) in [6.45, 7) is 0. The lowest BCUT2D eigenvalue weighted by Gasteiger charge is -2.33. The Labute approximate surface area is 129 Å². The monoisotopic (exact) mass is 303 g/mol. The predicted molar refractivity (Wildman–Crippen MR) is 86.3 cm³/mol. The minimum atomic E-state index is 0.159. The second-order valence-electron chi connectivity index (χ2n) is 5.88. The Morgan fingerprint density at radius 2 is 2.05 bits per heavy atom. The summed E-state index contributed by atoms with van der Waals surface area (Å²) < 4.78 is 5.59. The Hall–Kier alpha value is -1.46. The highest BCUT2D eigenvalue weighted by molar-refractivity contribution is 7.13. The van der Waals surface area contributed by atoms with Gasteiger partial charge >= 0.3 is 0 Å². The van der Waals surface area contributed by atoms with Gasteiger partial charge in [0.1, 0.15) is 0 Å². The Bertz CT molecular complexity index is 631. The summed E-state index contributed by atoms with van der Waals surface area (Å²) in [5.41, 5.74) is 6.84. The van der Waals surface area contributed by atoms with Crippen molar-refractivity contribution in [1.29, 1.82) is 0 Å². The van der Waals surface area contributed by atoms with Crippen LogP contribution in [0.4, 0.5) is 0 Å². The normalized spacial score (nSPS) is 22.4. The second-order valence-corrected chi connectivity index (χ2v) is 6.68. The molecule has 1 aromatic heterocycles. The first-order valence-electron chi connectivity index (χ1n) is 7.49. The van der Waals surface area contributed by atoms with E-state index in [2.05, 4.69) is 4.37 Å². The molecule has 4 nitrogen and oxygen atoms in total. The third-order valence-electron chi connectivity index (χ3n) is 4.45. The number of likely N-dealkylation sites (N-methyl/N-ethyl adjacent to an activating group) is 1. The maximum absolute atomic E-state index is 12.5. The Morgan fingerprint density at radius 3 is 2.81 bits per heavy atom. The maximum Gasteiger partial charge on any atom is 0.228 e. The van der Waals surface area contributed by atoms with Crippen LogP contribution in [-0.4, -0.2) is 34.3 Å². The molecule has 5 heteroatoms. The van der Waals surface area contributed by atoms with Crippen molar-refractivity contribution in [3.63, 3.8) is 0 Å².